The van der Waals surface area contributed by atoms with Crippen LogP contribution in [0.25, 0.3) is 11.1 Å². The van der Waals surface area contributed by atoms with Crippen LogP contribution in [0, 0.1) is 31.4 Å². The highest BCUT2D eigenvalue weighted by Crippen LogP contribution is 2.32. The van der Waals surface area contributed by atoms with Crippen molar-refractivity contribution in [3.63, 3.8) is 0 Å². The van der Waals surface area contributed by atoms with Crippen LogP contribution >= 0.6 is 0 Å². The van der Waals surface area contributed by atoms with Crippen LogP contribution in [0.15, 0.2) is 54.6 Å². The zero-order valence-corrected chi connectivity index (χ0v) is 23.4. The van der Waals surface area contributed by atoms with Crippen molar-refractivity contribution < 1.29 is 33.0 Å². The van der Waals surface area contributed by atoms with E-state index in [1.54, 1.807) is 19.2 Å². The van der Waals surface area contributed by atoms with Crippen LogP contribution in [0.2, 0.25) is 0 Å². The van der Waals surface area contributed by atoms with Crippen LogP contribution in [-0.4, -0.2) is 37.0 Å². The van der Waals surface area contributed by atoms with Crippen LogP contribution in [0.4, 0.5) is 8.78 Å². The van der Waals surface area contributed by atoms with E-state index in [0.717, 1.165) is 29.2 Å². The van der Waals surface area contributed by atoms with Crippen molar-refractivity contribution >= 4 is 18.3 Å². The van der Waals surface area contributed by atoms with Gasteiger partial charge in [-0.3, -0.25) is 14.4 Å². The fraction of sp³-hybridized carbons (Fsp3) is 0.344. The maximum atomic E-state index is 14.2. The summed E-state index contributed by atoms with van der Waals surface area (Å²) in [4.78, 5) is 33.5. The SMILES string of the molecule is C.COc1ccccc1C(=O)NCCC(C)C.Cc1cccc(C)c1-c1cc(F)c(F)c([C@H](CC(=O)O)NC=O)c1. The summed E-state index contributed by atoms with van der Waals surface area (Å²) in [5.41, 5.74) is 3.34. The van der Waals surface area contributed by atoms with Crippen molar-refractivity contribution in [2.75, 3.05) is 13.7 Å². The standard InChI is InChI=1S/C18H17F2NO3.C13H19NO2.CH4/c1-10-4-3-5-11(2)17(10)12-6-13(18(20)14(19)7-12)15(21-9-22)8-16(23)24;1-10(2)8-9-14-13(15)11-6-4-5-7-12(11)16-3;/h3-7,9,15H,8H2,1-2H3,(H,21,22)(H,23,24);4-7,10H,8-9H2,1-3H3,(H,14,15);1H4/t15-;;/m0../s1. The number of benzene rings is 3. The minimum Gasteiger partial charge on any atom is -0.496 e. The van der Waals surface area contributed by atoms with Gasteiger partial charge in [-0.05, 0) is 72.7 Å². The molecule has 0 saturated carbocycles. The van der Waals surface area contributed by atoms with Gasteiger partial charge in [-0.15, -0.1) is 0 Å². The number of hydrogen-bond donors (Lipinski definition) is 3. The van der Waals surface area contributed by atoms with E-state index in [0.29, 0.717) is 29.3 Å². The number of methoxy groups -OCH3 is 1. The zero-order chi connectivity index (χ0) is 29.8. The van der Waals surface area contributed by atoms with Crippen LogP contribution in [0.1, 0.15) is 67.2 Å². The summed E-state index contributed by atoms with van der Waals surface area (Å²) < 4.78 is 33.4. The lowest BCUT2D eigenvalue weighted by Gasteiger charge is -2.18. The molecule has 0 aliphatic heterocycles. The van der Waals surface area contributed by atoms with Crippen molar-refractivity contribution in [1.82, 2.24) is 10.6 Å². The molecule has 0 radical (unpaired) electrons. The highest BCUT2D eigenvalue weighted by molar-refractivity contribution is 5.96. The second-order valence-electron chi connectivity index (χ2n) is 9.70. The predicted octanol–water partition coefficient (Wildman–Crippen LogP) is 6.62. The summed E-state index contributed by atoms with van der Waals surface area (Å²) in [6, 6.07) is 14.1. The molecule has 3 aromatic rings. The molecule has 3 rings (SSSR count). The molecule has 0 aliphatic carbocycles. The molecule has 222 valence electrons. The van der Waals surface area contributed by atoms with Gasteiger partial charge in [-0.1, -0.05) is 51.6 Å². The van der Waals surface area contributed by atoms with Crippen molar-refractivity contribution in [3.05, 3.63) is 88.5 Å². The highest BCUT2D eigenvalue weighted by atomic mass is 19.2. The monoisotopic (exact) mass is 570 g/mol. The Morgan fingerprint density at radius 1 is 1.02 bits per heavy atom. The molecule has 7 nitrogen and oxygen atoms in total. The van der Waals surface area contributed by atoms with Crippen LogP contribution < -0.4 is 15.4 Å². The Kier molecular flexibility index (Phi) is 14.2. The van der Waals surface area contributed by atoms with E-state index in [4.69, 9.17) is 9.84 Å². The second-order valence-corrected chi connectivity index (χ2v) is 9.70. The molecule has 0 aromatic heterocycles. The van der Waals surface area contributed by atoms with Gasteiger partial charge in [-0.2, -0.15) is 0 Å². The van der Waals surface area contributed by atoms with E-state index in [2.05, 4.69) is 24.5 Å². The third-order valence-electron chi connectivity index (χ3n) is 6.21. The van der Waals surface area contributed by atoms with Crippen LogP contribution in [0.3, 0.4) is 0 Å². The Labute approximate surface area is 240 Å². The van der Waals surface area contributed by atoms with Crippen molar-refractivity contribution in [2.24, 2.45) is 5.92 Å². The Balaban J connectivity index is 0.000000433. The summed E-state index contributed by atoms with van der Waals surface area (Å²) in [7, 11) is 1.57. The van der Waals surface area contributed by atoms with Gasteiger partial charge >= 0.3 is 5.97 Å². The number of aryl methyl sites for hydroxylation is 2. The van der Waals surface area contributed by atoms with E-state index in [1.807, 2.05) is 44.2 Å². The lowest BCUT2D eigenvalue weighted by atomic mass is 9.92. The summed E-state index contributed by atoms with van der Waals surface area (Å²) >= 11 is 0. The normalized spacial score (nSPS) is 10.9. The van der Waals surface area contributed by atoms with Gasteiger partial charge in [0.05, 0.1) is 25.1 Å². The molecule has 2 amide bonds. The van der Waals surface area contributed by atoms with E-state index >= 15 is 0 Å². The van der Waals surface area contributed by atoms with Crippen molar-refractivity contribution in [3.8, 4) is 16.9 Å². The lowest BCUT2D eigenvalue weighted by molar-refractivity contribution is -0.137. The number of ether oxygens (including phenoxy) is 1. The summed E-state index contributed by atoms with van der Waals surface area (Å²) in [6.45, 7) is 8.67. The number of amides is 2. The third-order valence-corrected chi connectivity index (χ3v) is 6.21. The smallest absolute Gasteiger partial charge is 0.305 e. The maximum absolute atomic E-state index is 14.2. The molecular formula is C32H40F2N2O5. The summed E-state index contributed by atoms with van der Waals surface area (Å²) in [5, 5.41) is 14.1. The average molecular weight is 571 g/mol. The van der Waals surface area contributed by atoms with Crippen molar-refractivity contribution in [1.29, 1.82) is 0 Å². The van der Waals surface area contributed by atoms with Crippen molar-refractivity contribution in [2.45, 2.75) is 54.0 Å². The molecule has 0 spiro atoms. The highest BCUT2D eigenvalue weighted by Gasteiger charge is 2.23. The number of aliphatic carboxylic acids is 1. The summed E-state index contributed by atoms with van der Waals surface area (Å²) in [6.07, 6.45) is 0.711. The lowest BCUT2D eigenvalue weighted by Crippen LogP contribution is -2.25. The van der Waals surface area contributed by atoms with Gasteiger partial charge in [0.1, 0.15) is 5.75 Å². The molecule has 0 unspecified atom stereocenters. The van der Waals surface area contributed by atoms with E-state index < -0.39 is 30.1 Å². The predicted molar refractivity (Wildman–Crippen MR) is 157 cm³/mol. The molecule has 0 aliphatic rings. The number of carbonyl (C=O) groups is 3. The first kappa shape index (κ1) is 34.8. The van der Waals surface area contributed by atoms with Gasteiger partial charge < -0.3 is 20.5 Å². The molecule has 0 saturated heterocycles. The molecule has 3 aromatic carbocycles. The average Bonchev–Trinajstić information content (AvgIpc) is 2.90. The molecule has 9 heteroatoms. The van der Waals surface area contributed by atoms with Crippen LogP contribution in [-0.2, 0) is 9.59 Å². The van der Waals surface area contributed by atoms with E-state index in [-0.39, 0.29) is 25.3 Å². The molecule has 0 fully saturated rings. The maximum Gasteiger partial charge on any atom is 0.305 e. The first-order valence-corrected chi connectivity index (χ1v) is 12.9. The Morgan fingerprint density at radius 3 is 2.22 bits per heavy atom. The largest absolute Gasteiger partial charge is 0.496 e. The van der Waals surface area contributed by atoms with Gasteiger partial charge in [0.15, 0.2) is 11.6 Å². The summed E-state index contributed by atoms with van der Waals surface area (Å²) in [5.74, 6) is -2.34. The Morgan fingerprint density at radius 2 is 1.66 bits per heavy atom. The number of hydrogen-bond acceptors (Lipinski definition) is 4. The van der Waals surface area contributed by atoms with Gasteiger partial charge in [0, 0.05) is 12.1 Å². The number of nitrogens with one attached hydrogen (secondary N) is 2. The Hall–Kier alpha value is -4.27. The van der Waals surface area contributed by atoms with E-state index in [1.165, 1.54) is 6.07 Å². The fourth-order valence-electron chi connectivity index (χ4n) is 4.20. The molecule has 0 heterocycles. The third kappa shape index (κ3) is 10.0. The Bertz CT molecular complexity index is 1310. The topological polar surface area (TPSA) is 105 Å². The van der Waals surface area contributed by atoms with E-state index in [9.17, 15) is 23.2 Å². The molecule has 0 bridgehead atoms. The zero-order valence-electron chi connectivity index (χ0n) is 23.4. The number of carboxylic acids is 1. The number of carbonyl (C=O) groups excluding carboxylic acids is 2. The minimum absolute atomic E-state index is 0. The first-order chi connectivity index (χ1) is 19.0. The number of carboxylic acid groups (broad SMARTS) is 1. The number of rotatable bonds is 11. The fourth-order valence-corrected chi connectivity index (χ4v) is 4.20. The number of para-hydroxylation sites is 1. The molecular weight excluding hydrogens is 530 g/mol. The quantitative estimate of drug-likeness (QED) is 0.225. The van der Waals surface area contributed by atoms with Crippen LogP contribution in [0.5, 0.6) is 5.75 Å². The molecule has 1 atom stereocenters. The first-order valence-electron chi connectivity index (χ1n) is 12.9. The number of halogens is 2. The van der Waals surface area contributed by atoms with Gasteiger partial charge in [0.2, 0.25) is 6.41 Å². The van der Waals surface area contributed by atoms with Gasteiger partial charge in [0.25, 0.3) is 5.91 Å². The molecule has 3 N–H and O–H groups in total. The second kappa shape index (κ2) is 16.7. The molecule has 41 heavy (non-hydrogen) atoms. The minimum atomic E-state index is -1.23. The van der Waals surface area contributed by atoms with Gasteiger partial charge in [-0.25, -0.2) is 8.78 Å².